The first kappa shape index (κ1) is 15.5. The van der Waals surface area contributed by atoms with Crippen molar-refractivity contribution in [2.24, 2.45) is 0 Å². The highest BCUT2D eigenvalue weighted by Crippen LogP contribution is 2.15. The summed E-state index contributed by atoms with van der Waals surface area (Å²) >= 11 is 0. The third-order valence-corrected chi connectivity index (χ3v) is 4.13. The van der Waals surface area contributed by atoms with Gasteiger partial charge in [0.1, 0.15) is 0 Å². The van der Waals surface area contributed by atoms with Crippen LogP contribution < -0.4 is 5.46 Å². The molecule has 2 rings (SSSR count). The van der Waals surface area contributed by atoms with E-state index < -0.39 is 7.12 Å². The maximum atomic E-state index is 9.27. The summed E-state index contributed by atoms with van der Waals surface area (Å²) in [5, 5.41) is 18.5. The van der Waals surface area contributed by atoms with Gasteiger partial charge >= 0.3 is 7.12 Å². The lowest BCUT2D eigenvalue weighted by Gasteiger charge is -2.30. The van der Waals surface area contributed by atoms with Gasteiger partial charge in [-0.2, -0.15) is 0 Å². The predicted octanol–water partition coefficient (Wildman–Crippen LogP) is 0.283. The summed E-state index contributed by atoms with van der Waals surface area (Å²) in [5.74, 6) is 0. The van der Waals surface area contributed by atoms with Crippen LogP contribution in [-0.2, 0) is 6.54 Å². The van der Waals surface area contributed by atoms with Crippen LogP contribution in [0.5, 0.6) is 0 Å². The molecule has 1 aromatic rings. The minimum Gasteiger partial charge on any atom is -0.423 e. The summed E-state index contributed by atoms with van der Waals surface area (Å²) in [6.45, 7) is 6.49. The van der Waals surface area contributed by atoms with Crippen LogP contribution in [0, 0.1) is 0 Å². The normalized spacial score (nSPS) is 21.7. The first-order valence-electron chi connectivity index (χ1n) is 7.47. The van der Waals surface area contributed by atoms with Crippen LogP contribution in [-0.4, -0.2) is 59.7 Å². The van der Waals surface area contributed by atoms with Gasteiger partial charge in [-0.15, -0.1) is 0 Å². The van der Waals surface area contributed by atoms with Crippen molar-refractivity contribution in [3.8, 4) is 0 Å². The van der Waals surface area contributed by atoms with E-state index in [4.69, 9.17) is 0 Å². The Morgan fingerprint density at radius 3 is 2.80 bits per heavy atom. The van der Waals surface area contributed by atoms with Crippen molar-refractivity contribution in [1.29, 1.82) is 0 Å². The van der Waals surface area contributed by atoms with E-state index in [1.807, 2.05) is 12.1 Å². The molecule has 0 bridgehead atoms. The standard InChI is InChI=1S/C15H25BN2O2/c1-3-15-12-17(2)8-5-9-18(15)11-13-6-4-7-14(10-13)16(19)20/h4,6-7,10,15,19-20H,3,5,8-9,11-12H2,1-2H3. The molecule has 1 unspecified atom stereocenters. The third-order valence-electron chi connectivity index (χ3n) is 4.13. The number of rotatable bonds is 4. The summed E-state index contributed by atoms with van der Waals surface area (Å²) in [7, 11) is 0.807. The first-order valence-corrected chi connectivity index (χ1v) is 7.47. The molecule has 0 amide bonds. The fourth-order valence-corrected chi connectivity index (χ4v) is 2.97. The molecule has 1 fully saturated rings. The maximum Gasteiger partial charge on any atom is 0.488 e. The molecular formula is C15H25BN2O2. The molecular weight excluding hydrogens is 251 g/mol. The van der Waals surface area contributed by atoms with Crippen LogP contribution in [0.25, 0.3) is 0 Å². The lowest BCUT2D eigenvalue weighted by atomic mass is 9.79. The smallest absolute Gasteiger partial charge is 0.423 e. The molecule has 1 aliphatic heterocycles. The van der Waals surface area contributed by atoms with Crippen LogP contribution >= 0.6 is 0 Å². The molecule has 4 nitrogen and oxygen atoms in total. The van der Waals surface area contributed by atoms with Crippen LogP contribution in [0.4, 0.5) is 0 Å². The first-order chi connectivity index (χ1) is 9.60. The molecule has 1 aliphatic rings. The molecule has 0 spiro atoms. The summed E-state index contributed by atoms with van der Waals surface area (Å²) < 4.78 is 0. The minimum atomic E-state index is -1.38. The van der Waals surface area contributed by atoms with E-state index in [1.165, 1.54) is 6.42 Å². The highest BCUT2D eigenvalue weighted by molar-refractivity contribution is 6.58. The second-order valence-electron chi connectivity index (χ2n) is 5.77. The van der Waals surface area contributed by atoms with Crippen molar-refractivity contribution < 1.29 is 10.0 Å². The Morgan fingerprint density at radius 2 is 2.10 bits per heavy atom. The molecule has 0 aliphatic carbocycles. The predicted molar refractivity (Wildman–Crippen MR) is 82.9 cm³/mol. The molecule has 5 heteroatoms. The zero-order valence-corrected chi connectivity index (χ0v) is 12.5. The van der Waals surface area contributed by atoms with Gasteiger partial charge in [0.2, 0.25) is 0 Å². The van der Waals surface area contributed by atoms with E-state index in [0.29, 0.717) is 11.5 Å². The van der Waals surface area contributed by atoms with Gasteiger partial charge in [-0.3, -0.25) is 4.90 Å². The van der Waals surface area contributed by atoms with E-state index in [2.05, 4.69) is 29.8 Å². The largest absolute Gasteiger partial charge is 0.488 e. The highest BCUT2D eigenvalue weighted by Gasteiger charge is 2.22. The van der Waals surface area contributed by atoms with Gasteiger partial charge in [0, 0.05) is 25.7 Å². The Kier molecular flexibility index (Phi) is 5.60. The van der Waals surface area contributed by atoms with Crippen molar-refractivity contribution in [2.75, 3.05) is 26.7 Å². The van der Waals surface area contributed by atoms with E-state index in [9.17, 15) is 10.0 Å². The second kappa shape index (κ2) is 7.22. The van der Waals surface area contributed by atoms with Crippen molar-refractivity contribution in [3.05, 3.63) is 29.8 Å². The van der Waals surface area contributed by atoms with Gasteiger partial charge in [0.05, 0.1) is 0 Å². The Morgan fingerprint density at radius 1 is 1.30 bits per heavy atom. The van der Waals surface area contributed by atoms with Crippen LogP contribution in [0.1, 0.15) is 25.3 Å². The lowest BCUT2D eigenvalue weighted by Crippen LogP contribution is -2.39. The average molecular weight is 276 g/mol. The van der Waals surface area contributed by atoms with Gasteiger partial charge in [-0.1, -0.05) is 31.2 Å². The van der Waals surface area contributed by atoms with Crippen LogP contribution in [0.15, 0.2) is 24.3 Å². The minimum absolute atomic E-state index is 0.572. The fourth-order valence-electron chi connectivity index (χ4n) is 2.97. The maximum absolute atomic E-state index is 9.27. The molecule has 20 heavy (non-hydrogen) atoms. The van der Waals surface area contributed by atoms with Crippen LogP contribution in [0.3, 0.4) is 0 Å². The number of hydrogen-bond donors (Lipinski definition) is 2. The van der Waals surface area contributed by atoms with E-state index in [0.717, 1.165) is 38.2 Å². The summed E-state index contributed by atoms with van der Waals surface area (Å²) in [6.07, 6.45) is 2.34. The number of hydrogen-bond acceptors (Lipinski definition) is 4. The fraction of sp³-hybridized carbons (Fsp3) is 0.600. The van der Waals surface area contributed by atoms with Gasteiger partial charge in [0.25, 0.3) is 0 Å². The highest BCUT2D eigenvalue weighted by atomic mass is 16.4. The molecule has 1 saturated heterocycles. The Labute approximate surface area is 122 Å². The summed E-state index contributed by atoms with van der Waals surface area (Å²) in [6, 6.07) is 8.18. The van der Waals surface area contributed by atoms with Gasteiger partial charge in [0.15, 0.2) is 0 Å². The van der Waals surface area contributed by atoms with Crippen molar-refractivity contribution in [2.45, 2.75) is 32.4 Å². The zero-order valence-electron chi connectivity index (χ0n) is 12.5. The molecule has 1 atom stereocenters. The van der Waals surface area contributed by atoms with Crippen molar-refractivity contribution >= 4 is 12.6 Å². The molecule has 1 aromatic carbocycles. The third kappa shape index (κ3) is 4.06. The Balaban J connectivity index is 2.08. The number of nitrogens with zero attached hydrogens (tertiary/aromatic N) is 2. The Bertz CT molecular complexity index is 428. The monoisotopic (exact) mass is 276 g/mol. The van der Waals surface area contributed by atoms with Crippen LogP contribution in [0.2, 0.25) is 0 Å². The molecule has 0 saturated carbocycles. The van der Waals surface area contributed by atoms with Gasteiger partial charge in [-0.25, -0.2) is 0 Å². The van der Waals surface area contributed by atoms with E-state index in [1.54, 1.807) is 6.07 Å². The lowest BCUT2D eigenvalue weighted by molar-refractivity contribution is 0.176. The molecule has 1 heterocycles. The van der Waals surface area contributed by atoms with Gasteiger partial charge in [-0.05, 0) is 37.5 Å². The Hall–Kier alpha value is -0.875. The summed E-state index contributed by atoms with van der Waals surface area (Å²) in [5.41, 5.74) is 1.72. The average Bonchev–Trinajstić information content (AvgIpc) is 2.61. The quantitative estimate of drug-likeness (QED) is 0.776. The molecule has 110 valence electrons. The number of benzene rings is 1. The van der Waals surface area contributed by atoms with Gasteiger partial charge < -0.3 is 14.9 Å². The van der Waals surface area contributed by atoms with Crippen molar-refractivity contribution in [1.82, 2.24) is 9.80 Å². The zero-order chi connectivity index (χ0) is 14.5. The topological polar surface area (TPSA) is 46.9 Å². The summed E-state index contributed by atoms with van der Waals surface area (Å²) in [4.78, 5) is 4.93. The number of likely N-dealkylation sites (N-methyl/N-ethyl adjacent to an activating group) is 1. The molecule has 0 radical (unpaired) electrons. The van der Waals surface area contributed by atoms with E-state index in [-0.39, 0.29) is 0 Å². The SMILES string of the molecule is CCC1CN(C)CCCN1Cc1cccc(B(O)O)c1. The van der Waals surface area contributed by atoms with Crippen molar-refractivity contribution in [3.63, 3.8) is 0 Å². The second-order valence-corrected chi connectivity index (χ2v) is 5.77. The molecule has 0 aromatic heterocycles. The van der Waals surface area contributed by atoms with E-state index >= 15 is 0 Å². The molecule has 2 N–H and O–H groups in total.